The van der Waals surface area contributed by atoms with Gasteiger partial charge in [0.05, 0.1) is 29.3 Å². The van der Waals surface area contributed by atoms with Gasteiger partial charge in [-0.25, -0.2) is 17.5 Å². The molecule has 0 unspecified atom stereocenters. The maximum atomic E-state index is 13.2. The van der Waals surface area contributed by atoms with Crippen LogP contribution in [0.5, 0.6) is 5.75 Å². The molecule has 2 N–H and O–H groups in total. The largest absolute Gasteiger partial charge is 0.497 e. The maximum Gasteiger partial charge on any atom is 0.272 e. The van der Waals surface area contributed by atoms with Crippen LogP contribution in [0.3, 0.4) is 0 Å². The van der Waals surface area contributed by atoms with Gasteiger partial charge in [0.2, 0.25) is 10.0 Å². The molecule has 2 aromatic carbocycles. The second-order valence-electron chi connectivity index (χ2n) is 6.34. The van der Waals surface area contributed by atoms with Crippen LogP contribution in [0.2, 0.25) is 5.02 Å². The number of carbonyl (C=O) groups excluding carboxylic acids is 1. The fourth-order valence-corrected chi connectivity index (χ4v) is 3.80. The number of sulfonamides is 1. The van der Waals surface area contributed by atoms with Crippen molar-refractivity contribution < 1.29 is 22.3 Å². The van der Waals surface area contributed by atoms with Gasteiger partial charge >= 0.3 is 0 Å². The number of nitrogens with one attached hydrogen (secondary N) is 2. The normalized spacial score (nSPS) is 11.2. The van der Waals surface area contributed by atoms with Crippen molar-refractivity contribution in [1.82, 2.24) is 20.2 Å². The average molecular weight is 465 g/mol. The van der Waals surface area contributed by atoms with Gasteiger partial charge in [-0.2, -0.15) is 5.10 Å². The number of methoxy groups -OCH3 is 1. The molecule has 0 aliphatic rings. The summed E-state index contributed by atoms with van der Waals surface area (Å²) in [5.41, 5.74) is 1.23. The highest BCUT2D eigenvalue weighted by Gasteiger charge is 2.16. The van der Waals surface area contributed by atoms with Crippen LogP contribution in [0.15, 0.2) is 59.5 Å². The highest BCUT2D eigenvalue weighted by atomic mass is 35.5. The van der Waals surface area contributed by atoms with Crippen LogP contribution >= 0.6 is 11.6 Å². The Balaban J connectivity index is 1.58. The number of rotatable bonds is 8. The lowest BCUT2D eigenvalue weighted by Gasteiger charge is -2.08. The van der Waals surface area contributed by atoms with Gasteiger partial charge in [-0.3, -0.25) is 4.79 Å². The Hall–Kier alpha value is -3.08. The van der Waals surface area contributed by atoms with E-state index < -0.39 is 21.7 Å². The second-order valence-corrected chi connectivity index (χ2v) is 8.52. The molecule has 0 aliphatic heterocycles. The van der Waals surface area contributed by atoms with Crippen LogP contribution in [-0.4, -0.2) is 31.6 Å². The molecule has 1 amide bonds. The number of hydrogen-bond donors (Lipinski definition) is 2. The lowest BCUT2D eigenvalue weighted by atomic mass is 10.2. The first kappa shape index (κ1) is 22.6. The molecule has 3 rings (SSSR count). The molecule has 31 heavy (non-hydrogen) atoms. The van der Waals surface area contributed by atoms with E-state index in [4.69, 9.17) is 16.3 Å². The van der Waals surface area contributed by atoms with Crippen molar-refractivity contribution in [3.63, 3.8) is 0 Å². The van der Waals surface area contributed by atoms with Crippen molar-refractivity contribution >= 4 is 27.5 Å². The fraction of sp³-hybridized carbons (Fsp3) is 0.150. The van der Waals surface area contributed by atoms with Crippen LogP contribution in [0, 0.1) is 5.82 Å². The molecule has 1 heterocycles. The van der Waals surface area contributed by atoms with E-state index in [0.717, 1.165) is 23.8 Å². The third kappa shape index (κ3) is 5.97. The van der Waals surface area contributed by atoms with Crippen molar-refractivity contribution in [1.29, 1.82) is 0 Å². The van der Waals surface area contributed by atoms with E-state index in [9.17, 15) is 17.6 Å². The third-order valence-corrected chi connectivity index (χ3v) is 5.87. The van der Waals surface area contributed by atoms with Gasteiger partial charge in [-0.15, -0.1) is 5.10 Å². The van der Waals surface area contributed by atoms with Crippen molar-refractivity contribution in [3.8, 4) is 5.75 Å². The van der Waals surface area contributed by atoms with Crippen molar-refractivity contribution in [2.24, 2.45) is 0 Å². The van der Waals surface area contributed by atoms with E-state index in [1.807, 2.05) is 12.1 Å². The molecule has 0 fully saturated rings. The van der Waals surface area contributed by atoms with Crippen LogP contribution in [0.25, 0.3) is 0 Å². The average Bonchev–Trinajstić information content (AvgIpc) is 2.78. The second kappa shape index (κ2) is 9.82. The fourth-order valence-electron chi connectivity index (χ4n) is 2.53. The molecule has 0 atom stereocenters. The first-order valence-electron chi connectivity index (χ1n) is 8.97. The molecule has 3 aromatic rings. The van der Waals surface area contributed by atoms with Crippen LogP contribution in [0.4, 0.5) is 4.39 Å². The van der Waals surface area contributed by atoms with Crippen molar-refractivity contribution in [2.45, 2.75) is 18.0 Å². The van der Waals surface area contributed by atoms with Gasteiger partial charge in [0.1, 0.15) is 11.6 Å². The minimum Gasteiger partial charge on any atom is -0.497 e. The summed E-state index contributed by atoms with van der Waals surface area (Å²) in [7, 11) is -2.37. The Labute approximate surface area is 183 Å². The predicted molar refractivity (Wildman–Crippen MR) is 112 cm³/mol. The van der Waals surface area contributed by atoms with Gasteiger partial charge < -0.3 is 10.1 Å². The third-order valence-electron chi connectivity index (χ3n) is 4.18. The van der Waals surface area contributed by atoms with Gasteiger partial charge in [-0.05, 0) is 48.0 Å². The lowest BCUT2D eigenvalue weighted by Crippen LogP contribution is -2.26. The van der Waals surface area contributed by atoms with E-state index in [1.54, 1.807) is 19.2 Å². The molecule has 162 valence electrons. The quantitative estimate of drug-likeness (QED) is 0.530. The molecule has 0 aliphatic carbocycles. The predicted octanol–water partition coefficient (Wildman–Crippen LogP) is 2.69. The number of carbonyl (C=O) groups is 1. The first-order chi connectivity index (χ1) is 14.8. The van der Waals surface area contributed by atoms with Crippen molar-refractivity contribution in [3.05, 3.63) is 82.4 Å². The Bertz CT molecular complexity index is 1190. The summed E-state index contributed by atoms with van der Waals surface area (Å²) in [5.74, 6) is -0.462. The number of amides is 1. The molecule has 11 heteroatoms. The monoisotopic (exact) mass is 464 g/mol. The number of benzene rings is 2. The Morgan fingerprint density at radius 3 is 2.58 bits per heavy atom. The highest BCUT2D eigenvalue weighted by Crippen LogP contribution is 2.19. The van der Waals surface area contributed by atoms with Crippen LogP contribution < -0.4 is 14.8 Å². The summed E-state index contributed by atoms with van der Waals surface area (Å²) in [4.78, 5) is 12.1. The van der Waals surface area contributed by atoms with Gasteiger partial charge in [0.15, 0.2) is 5.69 Å². The minimum absolute atomic E-state index is 0.0832. The number of halogens is 2. The minimum atomic E-state index is -3.93. The summed E-state index contributed by atoms with van der Waals surface area (Å²) < 4.78 is 45.3. The Morgan fingerprint density at radius 2 is 1.90 bits per heavy atom. The van der Waals surface area contributed by atoms with Crippen molar-refractivity contribution in [2.75, 3.05) is 7.11 Å². The molecule has 0 saturated heterocycles. The van der Waals surface area contributed by atoms with Gasteiger partial charge in [-0.1, -0.05) is 23.7 Å². The molecule has 1 aromatic heterocycles. The molecule has 0 bridgehead atoms. The summed E-state index contributed by atoms with van der Waals surface area (Å²) in [6.07, 6.45) is 0. The zero-order valence-electron chi connectivity index (χ0n) is 16.3. The van der Waals surface area contributed by atoms with E-state index in [1.165, 1.54) is 12.1 Å². The number of nitrogens with zero attached hydrogens (tertiary/aromatic N) is 2. The van der Waals surface area contributed by atoms with Gasteiger partial charge in [0.25, 0.3) is 5.91 Å². The molecule has 8 nitrogen and oxygen atoms in total. The zero-order chi connectivity index (χ0) is 22.4. The molecular formula is C20H18ClFN4O4S. The topological polar surface area (TPSA) is 110 Å². The SMILES string of the molecule is COc1cccc(CNC(=O)c2ccc(CNS(=O)(=O)c3ccc(F)c(Cl)c3)nn2)c1. The molecule has 0 radical (unpaired) electrons. The van der Waals surface area contributed by atoms with Crippen LogP contribution in [-0.2, 0) is 23.1 Å². The summed E-state index contributed by atoms with van der Waals surface area (Å²) in [6.45, 7) is 0.107. The van der Waals surface area contributed by atoms with E-state index in [2.05, 4.69) is 20.2 Å². The molecular weight excluding hydrogens is 447 g/mol. The number of aromatic nitrogens is 2. The zero-order valence-corrected chi connectivity index (χ0v) is 17.9. The smallest absolute Gasteiger partial charge is 0.272 e. The van der Waals surface area contributed by atoms with E-state index in [-0.39, 0.29) is 28.7 Å². The number of hydrogen-bond acceptors (Lipinski definition) is 6. The van der Waals surface area contributed by atoms with Gasteiger partial charge in [0, 0.05) is 6.54 Å². The lowest BCUT2D eigenvalue weighted by molar-refractivity contribution is 0.0944. The first-order valence-corrected chi connectivity index (χ1v) is 10.8. The molecule has 0 saturated carbocycles. The van der Waals surface area contributed by atoms with E-state index >= 15 is 0 Å². The summed E-state index contributed by atoms with van der Waals surface area (Å²) >= 11 is 5.63. The summed E-state index contributed by atoms with van der Waals surface area (Å²) in [6, 6.07) is 13.3. The van der Waals surface area contributed by atoms with Crippen LogP contribution in [0.1, 0.15) is 21.7 Å². The molecule has 0 spiro atoms. The maximum absolute atomic E-state index is 13.2. The standard InChI is InChI=1S/C20H18ClFN4O4S/c1-30-15-4-2-3-13(9-15)11-23-20(27)19-8-5-14(25-26-19)12-24-31(28,29)16-6-7-18(22)17(21)10-16/h2-10,24H,11-12H2,1H3,(H,23,27). The summed E-state index contributed by atoms with van der Waals surface area (Å²) in [5, 5.41) is 10.1. The van der Waals surface area contributed by atoms with E-state index in [0.29, 0.717) is 11.4 Å². The Morgan fingerprint density at radius 1 is 1.10 bits per heavy atom. The number of ether oxygens (including phenoxy) is 1. The Kier molecular flexibility index (Phi) is 7.16. The highest BCUT2D eigenvalue weighted by molar-refractivity contribution is 7.89.